The molecule has 28 nitrogen and oxygen atoms in total. The van der Waals surface area contributed by atoms with E-state index in [1.165, 1.54) is 42.5 Å². The monoisotopic (exact) mass is 1080 g/mol. The first-order valence-corrected chi connectivity index (χ1v) is 23.9. The third kappa shape index (κ3) is 13.5. The van der Waals surface area contributed by atoms with Crippen LogP contribution in [0.4, 0.5) is 0 Å². The van der Waals surface area contributed by atoms with Crippen LogP contribution in [0.15, 0.2) is 42.5 Å². The molecule has 0 bridgehead atoms. The Morgan fingerprint density at radius 2 is 1.00 bits per heavy atom. The highest BCUT2D eigenvalue weighted by Crippen LogP contribution is 2.36. The van der Waals surface area contributed by atoms with E-state index >= 15 is 0 Å². The van der Waals surface area contributed by atoms with Crippen molar-refractivity contribution in [2.75, 3.05) is 26.4 Å². The van der Waals surface area contributed by atoms with E-state index in [0.29, 0.717) is 5.56 Å². The number of ether oxygens (including phenoxy) is 10. The van der Waals surface area contributed by atoms with Crippen LogP contribution in [0.5, 0.6) is 11.5 Å². The fourth-order valence-corrected chi connectivity index (χ4v) is 8.78. The van der Waals surface area contributed by atoms with Gasteiger partial charge in [-0.05, 0) is 60.2 Å². The molecule has 75 heavy (non-hydrogen) atoms. The molecule has 28 heteroatoms. The van der Waals surface area contributed by atoms with Crippen molar-refractivity contribution in [3.63, 3.8) is 0 Å². The first-order chi connectivity index (χ1) is 35.5. The minimum atomic E-state index is -2.81. The summed E-state index contributed by atoms with van der Waals surface area (Å²) in [4.78, 5) is 28.4. The van der Waals surface area contributed by atoms with Gasteiger partial charge in [-0.1, -0.05) is 32.0 Å². The van der Waals surface area contributed by atoms with Crippen LogP contribution in [-0.2, 0) is 60.7 Å². The molecule has 4 heterocycles. The standard InChI is InChI=1S/C47H68O28/c1-18(2)11-47(75-45-37(61)34(58)30(54)26(14-50)73-45,40(63)41(64)66-16-20-4-7-22(8-5-20)68-42-35(59)32(56)28(52)24(12-48)70-42)46(65)67-17-21-6-9-23(10-19(21)3)69-44-38(62)39(31(55)27(15-51)72-44)74-43-36(60)33(57)29(53)25(13-49)71-43/h4-10,18,24-40,42-45,48-63H,11-17H2,1-3H3/t24-,25-,26-,27-,28-,29-,30-,31-,32+,33+,34+,35-,36-,37-,38-,39+,40-,42-,43+,44-,45+,47-/m1/s1. The molecule has 0 amide bonds. The van der Waals surface area contributed by atoms with Crippen molar-refractivity contribution >= 4 is 11.9 Å². The van der Waals surface area contributed by atoms with Gasteiger partial charge in [0.1, 0.15) is 122 Å². The molecule has 0 aromatic heterocycles. The molecule has 16 N–H and O–H groups in total. The number of carbonyl (C=O) groups is 2. The molecule has 2 aromatic carbocycles. The first kappa shape index (κ1) is 60.3. The summed E-state index contributed by atoms with van der Waals surface area (Å²) in [6.45, 7) is 0.337. The predicted octanol–water partition coefficient (Wildman–Crippen LogP) is -7.07. The van der Waals surface area contributed by atoms with E-state index in [0.717, 1.165) is 0 Å². The fourth-order valence-electron chi connectivity index (χ4n) is 8.78. The van der Waals surface area contributed by atoms with Crippen LogP contribution >= 0.6 is 0 Å². The van der Waals surface area contributed by atoms with Crippen LogP contribution in [0.25, 0.3) is 0 Å². The number of carbonyl (C=O) groups excluding carboxylic acids is 2. The molecule has 22 atom stereocenters. The average Bonchev–Trinajstić information content (AvgIpc) is 3.39. The summed E-state index contributed by atoms with van der Waals surface area (Å²) in [5.41, 5.74) is -1.90. The first-order valence-electron chi connectivity index (χ1n) is 23.9. The molecule has 4 aliphatic heterocycles. The number of aryl methyl sites for hydroxylation is 1. The van der Waals surface area contributed by atoms with Crippen molar-refractivity contribution < 1.29 is 139 Å². The molecular formula is C47H68O28. The van der Waals surface area contributed by atoms with Gasteiger partial charge in [0, 0.05) is 0 Å². The van der Waals surface area contributed by atoms with Gasteiger partial charge in [-0.15, -0.1) is 0 Å². The molecular weight excluding hydrogens is 1010 g/mol. The minimum Gasteiger partial charge on any atom is -0.462 e. The molecule has 0 spiro atoms. The number of hydrogen-bond donors (Lipinski definition) is 16. The molecule has 4 aliphatic rings. The Kier molecular flexibility index (Phi) is 21.0. The number of rotatable bonds is 21. The van der Waals surface area contributed by atoms with Gasteiger partial charge in [-0.3, -0.25) is 0 Å². The maximum atomic E-state index is 14.5. The van der Waals surface area contributed by atoms with Crippen LogP contribution < -0.4 is 9.47 Å². The van der Waals surface area contributed by atoms with E-state index in [2.05, 4.69) is 0 Å². The van der Waals surface area contributed by atoms with Crippen LogP contribution in [0, 0.1) is 12.8 Å². The molecule has 4 saturated heterocycles. The zero-order valence-electron chi connectivity index (χ0n) is 40.7. The summed E-state index contributed by atoms with van der Waals surface area (Å²) >= 11 is 0. The van der Waals surface area contributed by atoms with Crippen LogP contribution in [0.3, 0.4) is 0 Å². The van der Waals surface area contributed by atoms with Crippen molar-refractivity contribution in [3.8, 4) is 11.5 Å². The Bertz CT molecular complexity index is 2130. The van der Waals surface area contributed by atoms with Gasteiger partial charge in [-0.2, -0.15) is 0 Å². The highest BCUT2D eigenvalue weighted by molar-refractivity contribution is 5.89. The molecule has 0 unspecified atom stereocenters. The smallest absolute Gasteiger partial charge is 0.342 e. The Morgan fingerprint density at radius 1 is 0.547 bits per heavy atom. The molecule has 0 radical (unpaired) electrons. The normalized spacial score (nSPS) is 37.5. The Balaban J connectivity index is 1.18. The van der Waals surface area contributed by atoms with Crippen LogP contribution in [-0.4, -0.2) is 255 Å². The van der Waals surface area contributed by atoms with Gasteiger partial charge in [0.05, 0.1) is 26.4 Å². The Labute approximate surface area is 427 Å². The molecule has 4 fully saturated rings. The maximum absolute atomic E-state index is 14.5. The van der Waals surface area contributed by atoms with Gasteiger partial charge in [0.25, 0.3) is 0 Å². The molecule has 0 aliphatic carbocycles. The third-order valence-corrected chi connectivity index (χ3v) is 13.2. The fraction of sp³-hybridized carbons (Fsp3) is 0.702. The second kappa shape index (κ2) is 26.2. The van der Waals surface area contributed by atoms with Gasteiger partial charge in [-0.25, -0.2) is 9.59 Å². The number of esters is 2. The second-order valence-corrected chi connectivity index (χ2v) is 19.1. The average molecular weight is 1080 g/mol. The van der Waals surface area contributed by atoms with E-state index in [4.69, 9.17) is 47.4 Å². The summed E-state index contributed by atoms with van der Waals surface area (Å²) in [5.74, 6) is -3.42. The predicted molar refractivity (Wildman–Crippen MR) is 242 cm³/mol. The largest absolute Gasteiger partial charge is 0.462 e. The highest BCUT2D eigenvalue weighted by atomic mass is 16.7. The van der Waals surface area contributed by atoms with E-state index in [-0.39, 0.29) is 22.6 Å². The van der Waals surface area contributed by atoms with Crippen molar-refractivity contribution in [1.82, 2.24) is 0 Å². The lowest BCUT2D eigenvalue weighted by molar-refractivity contribution is -0.352. The lowest BCUT2D eigenvalue weighted by Gasteiger charge is -2.45. The summed E-state index contributed by atoms with van der Waals surface area (Å²) in [6, 6.07) is 9.66. The number of aliphatic hydroxyl groups excluding tert-OH is 16. The molecule has 2 aromatic rings. The molecule has 0 saturated carbocycles. The van der Waals surface area contributed by atoms with Crippen molar-refractivity contribution in [2.24, 2.45) is 5.92 Å². The highest BCUT2D eigenvalue weighted by Gasteiger charge is 2.58. The van der Waals surface area contributed by atoms with E-state index in [1.54, 1.807) is 20.8 Å². The minimum absolute atomic E-state index is 0.000498. The summed E-state index contributed by atoms with van der Waals surface area (Å²) in [6.07, 6.45) is -37.7. The third-order valence-electron chi connectivity index (χ3n) is 13.2. The van der Waals surface area contributed by atoms with E-state index in [9.17, 15) is 91.3 Å². The number of hydrogen-bond acceptors (Lipinski definition) is 28. The molecule has 424 valence electrons. The topological polar surface area (TPSA) is 450 Å². The lowest BCUT2D eigenvalue weighted by atomic mass is 9.86. The van der Waals surface area contributed by atoms with Gasteiger partial charge in [0.2, 0.25) is 18.2 Å². The quantitative estimate of drug-likeness (QED) is 0.0517. The summed E-state index contributed by atoms with van der Waals surface area (Å²) < 4.78 is 56.0. The van der Waals surface area contributed by atoms with E-state index < -0.39 is 198 Å². The van der Waals surface area contributed by atoms with E-state index in [1.807, 2.05) is 0 Å². The zero-order chi connectivity index (χ0) is 55.2. The van der Waals surface area contributed by atoms with Crippen molar-refractivity contribution in [3.05, 3.63) is 59.2 Å². The Hall–Kier alpha value is -3.90. The van der Waals surface area contributed by atoms with Crippen molar-refractivity contribution in [2.45, 2.75) is 175 Å². The second-order valence-electron chi connectivity index (χ2n) is 19.1. The summed E-state index contributed by atoms with van der Waals surface area (Å²) in [7, 11) is 0. The van der Waals surface area contributed by atoms with Gasteiger partial charge < -0.3 is 129 Å². The van der Waals surface area contributed by atoms with Crippen LogP contribution in [0.2, 0.25) is 0 Å². The molecule has 6 rings (SSSR count). The number of benzene rings is 2. The summed E-state index contributed by atoms with van der Waals surface area (Å²) in [5, 5.41) is 166. The Morgan fingerprint density at radius 3 is 1.52 bits per heavy atom. The van der Waals surface area contributed by atoms with Gasteiger partial charge in [0.15, 0.2) is 18.7 Å². The number of aliphatic hydroxyl groups is 16. The maximum Gasteiger partial charge on any atom is 0.342 e. The van der Waals surface area contributed by atoms with Crippen molar-refractivity contribution in [1.29, 1.82) is 0 Å². The SMILES string of the molecule is Cc1cc(O[C@@H]2O[C@H](CO)[C@@H](O)[C@H](O[C@@H]3O[C@H](CO)[C@@H](O)[C@H](O)[C@H]3O)[C@H]2O)ccc1COC(=O)[C@](CC(C)C)(O[C@@H]1O[C@H](CO)[C@@H](O)[C@H](O)[C@H]1O)[C@H](O)C(=O)OCc1ccc(O[C@@H]2O[C@H](CO)[C@@H](O)[C@H](O)[C@H]2O)cc1. The lowest BCUT2D eigenvalue weighted by Crippen LogP contribution is -2.65. The van der Waals surface area contributed by atoms with Gasteiger partial charge >= 0.3 is 11.9 Å². The van der Waals surface area contributed by atoms with Crippen LogP contribution in [0.1, 0.15) is 37.0 Å². The zero-order valence-corrected chi connectivity index (χ0v) is 40.7.